The zero-order valence-corrected chi connectivity index (χ0v) is 12.6. The SMILES string of the molecule is CC(c1ccccc1Cl)N(C)C(CN)c1ccncc1. The molecule has 0 saturated heterocycles. The molecule has 106 valence electrons. The second-order valence-corrected chi connectivity index (χ2v) is 5.30. The van der Waals surface area contributed by atoms with Gasteiger partial charge in [-0.1, -0.05) is 29.8 Å². The van der Waals surface area contributed by atoms with Gasteiger partial charge in [0.15, 0.2) is 0 Å². The zero-order chi connectivity index (χ0) is 14.5. The van der Waals surface area contributed by atoms with Gasteiger partial charge in [0.05, 0.1) is 0 Å². The van der Waals surface area contributed by atoms with Gasteiger partial charge in [-0.3, -0.25) is 9.88 Å². The molecule has 0 radical (unpaired) electrons. The van der Waals surface area contributed by atoms with E-state index in [1.807, 2.05) is 30.3 Å². The molecule has 2 aromatic rings. The van der Waals surface area contributed by atoms with Crippen molar-refractivity contribution in [1.82, 2.24) is 9.88 Å². The van der Waals surface area contributed by atoms with Crippen molar-refractivity contribution in [2.75, 3.05) is 13.6 Å². The summed E-state index contributed by atoms with van der Waals surface area (Å²) in [6.07, 6.45) is 3.60. The van der Waals surface area contributed by atoms with Crippen LogP contribution in [0.2, 0.25) is 5.02 Å². The summed E-state index contributed by atoms with van der Waals surface area (Å²) in [6.45, 7) is 2.69. The van der Waals surface area contributed by atoms with Gasteiger partial charge in [-0.15, -0.1) is 0 Å². The Morgan fingerprint density at radius 1 is 1.20 bits per heavy atom. The molecule has 1 heterocycles. The van der Waals surface area contributed by atoms with Crippen LogP contribution in [0.1, 0.15) is 30.1 Å². The minimum absolute atomic E-state index is 0.143. The monoisotopic (exact) mass is 289 g/mol. The molecule has 0 aliphatic rings. The van der Waals surface area contributed by atoms with Crippen molar-refractivity contribution in [1.29, 1.82) is 0 Å². The van der Waals surface area contributed by atoms with Crippen LogP contribution in [-0.4, -0.2) is 23.5 Å². The smallest absolute Gasteiger partial charge is 0.0474 e. The number of aromatic nitrogens is 1. The fourth-order valence-corrected chi connectivity index (χ4v) is 2.72. The molecule has 3 nitrogen and oxygen atoms in total. The molecule has 0 saturated carbocycles. The molecule has 2 atom stereocenters. The molecule has 2 N–H and O–H groups in total. The fraction of sp³-hybridized carbons (Fsp3) is 0.312. The van der Waals surface area contributed by atoms with Gasteiger partial charge in [-0.25, -0.2) is 0 Å². The largest absolute Gasteiger partial charge is 0.329 e. The van der Waals surface area contributed by atoms with Crippen LogP contribution in [0.15, 0.2) is 48.8 Å². The lowest BCUT2D eigenvalue weighted by atomic mass is 10.0. The topological polar surface area (TPSA) is 42.1 Å². The molecule has 0 aliphatic carbocycles. The highest BCUT2D eigenvalue weighted by Crippen LogP contribution is 2.31. The summed E-state index contributed by atoms with van der Waals surface area (Å²) in [5.41, 5.74) is 8.25. The second kappa shape index (κ2) is 6.84. The van der Waals surface area contributed by atoms with Crippen molar-refractivity contribution >= 4 is 11.6 Å². The summed E-state index contributed by atoms with van der Waals surface area (Å²) in [5, 5.41) is 0.789. The highest BCUT2D eigenvalue weighted by molar-refractivity contribution is 6.31. The van der Waals surface area contributed by atoms with Crippen LogP contribution in [0.4, 0.5) is 0 Å². The van der Waals surface area contributed by atoms with E-state index >= 15 is 0 Å². The third-order valence-corrected chi connectivity index (χ3v) is 4.12. The Hall–Kier alpha value is -1.42. The maximum atomic E-state index is 6.29. The summed E-state index contributed by atoms with van der Waals surface area (Å²) in [7, 11) is 2.08. The molecule has 4 heteroatoms. The number of nitrogens with two attached hydrogens (primary N) is 1. The zero-order valence-electron chi connectivity index (χ0n) is 11.8. The molecule has 2 rings (SSSR count). The first kappa shape index (κ1) is 15.0. The van der Waals surface area contributed by atoms with Crippen LogP contribution in [0.25, 0.3) is 0 Å². The molecule has 0 aliphatic heterocycles. The van der Waals surface area contributed by atoms with Gasteiger partial charge in [-0.2, -0.15) is 0 Å². The molecule has 20 heavy (non-hydrogen) atoms. The first-order valence-corrected chi connectivity index (χ1v) is 7.09. The lowest BCUT2D eigenvalue weighted by Gasteiger charge is -2.33. The summed E-state index contributed by atoms with van der Waals surface area (Å²) in [6, 6.07) is 12.3. The molecule has 0 amide bonds. The van der Waals surface area contributed by atoms with E-state index < -0.39 is 0 Å². The third kappa shape index (κ3) is 3.18. The summed E-state index contributed by atoms with van der Waals surface area (Å²) in [4.78, 5) is 6.30. The Morgan fingerprint density at radius 2 is 1.85 bits per heavy atom. The molecule has 0 fully saturated rings. The molecule has 2 unspecified atom stereocenters. The first-order chi connectivity index (χ1) is 9.65. The second-order valence-electron chi connectivity index (χ2n) is 4.90. The average Bonchev–Trinajstić information content (AvgIpc) is 2.49. The predicted octanol–water partition coefficient (Wildman–Crippen LogP) is 3.43. The minimum atomic E-state index is 0.143. The number of halogens is 1. The predicted molar refractivity (Wildman–Crippen MR) is 83.7 cm³/mol. The molecule has 1 aromatic carbocycles. The first-order valence-electron chi connectivity index (χ1n) is 6.71. The summed E-state index contributed by atoms with van der Waals surface area (Å²) < 4.78 is 0. The van der Waals surface area contributed by atoms with Crippen molar-refractivity contribution in [2.24, 2.45) is 5.73 Å². The van der Waals surface area contributed by atoms with Crippen molar-refractivity contribution in [3.8, 4) is 0 Å². The number of benzene rings is 1. The van der Waals surface area contributed by atoms with Crippen molar-refractivity contribution in [2.45, 2.75) is 19.0 Å². The maximum Gasteiger partial charge on any atom is 0.0474 e. The number of likely N-dealkylation sites (N-methyl/N-ethyl adjacent to an activating group) is 1. The van der Waals surface area contributed by atoms with E-state index in [0.717, 1.165) is 10.6 Å². The van der Waals surface area contributed by atoms with Crippen LogP contribution < -0.4 is 5.73 Å². The molecule has 1 aromatic heterocycles. The Balaban J connectivity index is 2.25. The van der Waals surface area contributed by atoms with Crippen molar-refractivity contribution in [3.05, 3.63) is 64.9 Å². The Kier molecular flexibility index (Phi) is 5.12. The number of hydrogen-bond acceptors (Lipinski definition) is 3. The van der Waals surface area contributed by atoms with E-state index in [0.29, 0.717) is 6.54 Å². The molecule has 0 spiro atoms. The number of rotatable bonds is 5. The number of pyridine rings is 1. The van der Waals surface area contributed by atoms with E-state index in [1.54, 1.807) is 12.4 Å². The fourth-order valence-electron chi connectivity index (χ4n) is 2.43. The Labute approximate surface area is 125 Å². The van der Waals surface area contributed by atoms with Gasteiger partial charge in [-0.05, 0) is 43.3 Å². The van der Waals surface area contributed by atoms with E-state index in [2.05, 4.69) is 29.9 Å². The van der Waals surface area contributed by atoms with E-state index in [4.69, 9.17) is 17.3 Å². The van der Waals surface area contributed by atoms with Crippen molar-refractivity contribution in [3.63, 3.8) is 0 Å². The van der Waals surface area contributed by atoms with Gasteiger partial charge in [0.1, 0.15) is 0 Å². The van der Waals surface area contributed by atoms with Gasteiger partial charge in [0.2, 0.25) is 0 Å². The number of hydrogen-bond donors (Lipinski definition) is 1. The lowest BCUT2D eigenvalue weighted by Crippen LogP contribution is -2.32. The maximum absolute atomic E-state index is 6.29. The van der Waals surface area contributed by atoms with E-state index in [-0.39, 0.29) is 12.1 Å². The summed E-state index contributed by atoms with van der Waals surface area (Å²) in [5.74, 6) is 0. The average molecular weight is 290 g/mol. The molecular weight excluding hydrogens is 270 g/mol. The normalized spacial score (nSPS) is 14.2. The minimum Gasteiger partial charge on any atom is -0.329 e. The van der Waals surface area contributed by atoms with Crippen LogP contribution >= 0.6 is 11.6 Å². The van der Waals surface area contributed by atoms with Gasteiger partial charge in [0, 0.05) is 36.0 Å². The molecular formula is C16H20ClN3. The summed E-state index contributed by atoms with van der Waals surface area (Å²) >= 11 is 6.29. The van der Waals surface area contributed by atoms with Gasteiger partial charge < -0.3 is 5.73 Å². The van der Waals surface area contributed by atoms with Crippen LogP contribution in [0, 0.1) is 0 Å². The quantitative estimate of drug-likeness (QED) is 0.917. The highest BCUT2D eigenvalue weighted by atomic mass is 35.5. The van der Waals surface area contributed by atoms with Crippen LogP contribution in [0.3, 0.4) is 0 Å². The van der Waals surface area contributed by atoms with Crippen LogP contribution in [-0.2, 0) is 0 Å². The van der Waals surface area contributed by atoms with Crippen molar-refractivity contribution < 1.29 is 0 Å². The Bertz CT molecular complexity index is 544. The Morgan fingerprint density at radius 3 is 2.45 bits per heavy atom. The lowest BCUT2D eigenvalue weighted by molar-refractivity contribution is 0.190. The molecule has 0 bridgehead atoms. The standard InChI is InChI=1S/C16H20ClN3/c1-12(14-5-3-4-6-15(14)17)20(2)16(11-18)13-7-9-19-10-8-13/h3-10,12,16H,11,18H2,1-2H3. The van der Waals surface area contributed by atoms with Crippen LogP contribution in [0.5, 0.6) is 0 Å². The highest BCUT2D eigenvalue weighted by Gasteiger charge is 2.22. The third-order valence-electron chi connectivity index (χ3n) is 3.77. The van der Waals surface area contributed by atoms with Gasteiger partial charge in [0.25, 0.3) is 0 Å². The number of nitrogens with zero attached hydrogens (tertiary/aromatic N) is 2. The van der Waals surface area contributed by atoms with E-state index in [9.17, 15) is 0 Å². The van der Waals surface area contributed by atoms with Gasteiger partial charge >= 0.3 is 0 Å². The van der Waals surface area contributed by atoms with E-state index in [1.165, 1.54) is 5.56 Å².